The topological polar surface area (TPSA) is 35.5 Å². The second-order valence-corrected chi connectivity index (χ2v) is 5.24. The van der Waals surface area contributed by atoms with Gasteiger partial charge in [0.25, 0.3) is 0 Å². The van der Waals surface area contributed by atoms with Crippen LogP contribution in [0.2, 0.25) is 0 Å². The molecule has 16 heavy (non-hydrogen) atoms. The van der Waals surface area contributed by atoms with Gasteiger partial charge in [0.15, 0.2) is 0 Å². The lowest BCUT2D eigenvalue weighted by Gasteiger charge is -2.43. The number of fused-ring (bicyclic) bond motifs is 1. The molecule has 0 aromatic heterocycles. The van der Waals surface area contributed by atoms with Crippen molar-refractivity contribution in [3.05, 3.63) is 18.2 Å². The molecule has 1 aliphatic carbocycles. The number of nitrogens with zero attached hydrogens (tertiary/aromatic N) is 1. The summed E-state index contributed by atoms with van der Waals surface area (Å²) in [6, 6.07) is 6.07. The summed E-state index contributed by atoms with van der Waals surface area (Å²) >= 11 is 0. The summed E-state index contributed by atoms with van der Waals surface area (Å²) in [5.41, 5.74) is 2.61. The van der Waals surface area contributed by atoms with Crippen molar-refractivity contribution in [3.8, 4) is 5.75 Å². The average molecular weight is 218 g/mol. The molecule has 1 aromatic carbocycles. The first-order valence-electron chi connectivity index (χ1n) is 5.99. The lowest BCUT2D eigenvalue weighted by atomic mass is 10.0. The number of rotatable bonds is 1. The lowest BCUT2D eigenvalue weighted by Crippen LogP contribution is -2.49. The minimum Gasteiger partial charge on any atom is -0.508 e. The number of phenolic OH excluding ortho intramolecular Hbond substituents is 1. The van der Waals surface area contributed by atoms with Crippen LogP contribution in [0, 0.1) is 0 Å². The zero-order chi connectivity index (χ0) is 11.3. The normalized spacial score (nSPS) is 20.8. The fourth-order valence-electron chi connectivity index (χ4n) is 2.86. The number of phenols is 1. The number of hydrogen-bond donors (Lipinski definition) is 2. The highest BCUT2D eigenvalue weighted by Gasteiger charge is 2.51. The fourth-order valence-corrected chi connectivity index (χ4v) is 2.86. The van der Waals surface area contributed by atoms with Crippen LogP contribution in [0.5, 0.6) is 5.75 Å². The van der Waals surface area contributed by atoms with Gasteiger partial charge < -0.3 is 15.3 Å². The molecule has 2 N–H and O–H groups in total. The van der Waals surface area contributed by atoms with E-state index in [0.717, 1.165) is 17.9 Å². The van der Waals surface area contributed by atoms with Crippen molar-refractivity contribution in [1.29, 1.82) is 0 Å². The van der Waals surface area contributed by atoms with Gasteiger partial charge in [0.05, 0.1) is 16.9 Å². The van der Waals surface area contributed by atoms with E-state index in [1.165, 1.54) is 12.8 Å². The van der Waals surface area contributed by atoms with Crippen LogP contribution in [0.1, 0.15) is 26.7 Å². The first-order valence-corrected chi connectivity index (χ1v) is 5.99. The molecule has 3 nitrogen and oxygen atoms in total. The van der Waals surface area contributed by atoms with Gasteiger partial charge in [0.2, 0.25) is 0 Å². The number of nitrogens with one attached hydrogen (secondary N) is 1. The van der Waals surface area contributed by atoms with Crippen molar-refractivity contribution in [2.24, 2.45) is 0 Å². The Balaban J connectivity index is 2.10. The van der Waals surface area contributed by atoms with Gasteiger partial charge >= 0.3 is 0 Å². The van der Waals surface area contributed by atoms with E-state index in [1.807, 2.05) is 12.1 Å². The molecule has 86 valence electrons. The van der Waals surface area contributed by atoms with Crippen LogP contribution in [0.3, 0.4) is 0 Å². The highest BCUT2D eigenvalue weighted by Crippen LogP contribution is 2.50. The summed E-state index contributed by atoms with van der Waals surface area (Å²) in [5, 5.41) is 13.1. The molecule has 1 heterocycles. The highest BCUT2D eigenvalue weighted by atomic mass is 16.3. The quantitative estimate of drug-likeness (QED) is 0.711. The number of benzene rings is 1. The molecule has 3 heteroatoms. The van der Waals surface area contributed by atoms with Crippen LogP contribution in [-0.4, -0.2) is 23.2 Å². The Morgan fingerprint density at radius 3 is 2.75 bits per heavy atom. The van der Waals surface area contributed by atoms with Gasteiger partial charge in [-0.2, -0.15) is 0 Å². The Morgan fingerprint density at radius 1 is 1.38 bits per heavy atom. The molecule has 0 bridgehead atoms. The molecule has 1 aliphatic heterocycles. The number of anilines is 2. The van der Waals surface area contributed by atoms with Crippen molar-refractivity contribution >= 4 is 11.4 Å². The molecule has 0 saturated heterocycles. The molecular formula is C13H18N2O. The van der Waals surface area contributed by atoms with E-state index >= 15 is 0 Å². The predicted molar refractivity (Wildman–Crippen MR) is 66.2 cm³/mol. The fraction of sp³-hybridized carbons (Fsp3) is 0.538. The summed E-state index contributed by atoms with van der Waals surface area (Å²) < 4.78 is 0. The van der Waals surface area contributed by atoms with Crippen molar-refractivity contribution in [1.82, 2.24) is 0 Å². The maximum Gasteiger partial charge on any atom is 0.117 e. The van der Waals surface area contributed by atoms with Crippen molar-refractivity contribution in [2.45, 2.75) is 38.3 Å². The molecule has 1 spiro atoms. The molecular weight excluding hydrogens is 200 g/mol. The maximum atomic E-state index is 9.62. The van der Waals surface area contributed by atoms with E-state index in [4.69, 9.17) is 0 Å². The minimum absolute atomic E-state index is 0.314. The second-order valence-electron chi connectivity index (χ2n) is 5.24. The van der Waals surface area contributed by atoms with Gasteiger partial charge in [-0.3, -0.25) is 0 Å². The summed E-state index contributed by atoms with van der Waals surface area (Å²) in [5.74, 6) is 0.351. The molecule has 1 aromatic rings. The van der Waals surface area contributed by atoms with Crippen LogP contribution in [-0.2, 0) is 0 Å². The second kappa shape index (κ2) is 3.06. The monoisotopic (exact) mass is 218 g/mol. The van der Waals surface area contributed by atoms with E-state index in [0.29, 0.717) is 17.3 Å². The molecule has 0 amide bonds. The van der Waals surface area contributed by atoms with E-state index in [1.54, 1.807) is 6.07 Å². The van der Waals surface area contributed by atoms with Crippen LogP contribution in [0.4, 0.5) is 11.4 Å². The molecule has 2 aliphatic rings. The molecule has 1 fully saturated rings. The van der Waals surface area contributed by atoms with Crippen molar-refractivity contribution in [3.63, 3.8) is 0 Å². The van der Waals surface area contributed by atoms with E-state index in [9.17, 15) is 5.11 Å². The standard InChI is InChI=1S/C13H18N2O/c1-9(2)15-12-7-10(16)3-4-11(12)14-8-13(15)5-6-13/h3-4,7,9,14,16H,5-6,8H2,1-2H3. The van der Waals surface area contributed by atoms with E-state index < -0.39 is 0 Å². The third-order valence-electron chi connectivity index (χ3n) is 3.70. The average Bonchev–Trinajstić information content (AvgIpc) is 2.97. The summed E-state index contributed by atoms with van der Waals surface area (Å²) in [6.45, 7) is 5.47. The smallest absolute Gasteiger partial charge is 0.117 e. The third kappa shape index (κ3) is 1.27. The molecule has 0 atom stereocenters. The van der Waals surface area contributed by atoms with Crippen LogP contribution < -0.4 is 10.2 Å². The largest absolute Gasteiger partial charge is 0.508 e. The third-order valence-corrected chi connectivity index (χ3v) is 3.70. The Bertz CT molecular complexity index is 424. The SMILES string of the molecule is CC(C)N1c2cc(O)ccc2NCC12CC2. The van der Waals surface area contributed by atoms with Crippen LogP contribution in [0.15, 0.2) is 18.2 Å². The molecule has 0 radical (unpaired) electrons. The van der Waals surface area contributed by atoms with Gasteiger partial charge in [-0.1, -0.05) is 0 Å². The maximum absolute atomic E-state index is 9.62. The molecule has 0 unspecified atom stereocenters. The van der Waals surface area contributed by atoms with Gasteiger partial charge in [-0.05, 0) is 38.8 Å². The lowest BCUT2D eigenvalue weighted by molar-refractivity contribution is 0.473. The molecule has 1 saturated carbocycles. The van der Waals surface area contributed by atoms with E-state index in [-0.39, 0.29) is 0 Å². The van der Waals surface area contributed by atoms with Gasteiger partial charge in [0.1, 0.15) is 5.75 Å². The van der Waals surface area contributed by atoms with Crippen LogP contribution in [0.25, 0.3) is 0 Å². The number of aromatic hydroxyl groups is 1. The zero-order valence-electron chi connectivity index (χ0n) is 9.83. The number of hydrogen-bond acceptors (Lipinski definition) is 3. The summed E-state index contributed by atoms with van der Waals surface area (Å²) in [6.07, 6.45) is 2.51. The Labute approximate surface area is 96.1 Å². The first kappa shape index (κ1) is 9.82. The van der Waals surface area contributed by atoms with Gasteiger partial charge in [-0.25, -0.2) is 0 Å². The summed E-state index contributed by atoms with van der Waals surface area (Å²) in [4.78, 5) is 2.47. The van der Waals surface area contributed by atoms with Gasteiger partial charge in [-0.15, -0.1) is 0 Å². The van der Waals surface area contributed by atoms with Crippen molar-refractivity contribution in [2.75, 3.05) is 16.8 Å². The van der Waals surface area contributed by atoms with Crippen molar-refractivity contribution < 1.29 is 5.11 Å². The van der Waals surface area contributed by atoms with Crippen LogP contribution >= 0.6 is 0 Å². The Morgan fingerprint density at radius 2 is 2.12 bits per heavy atom. The summed E-state index contributed by atoms with van der Waals surface area (Å²) in [7, 11) is 0. The molecule has 3 rings (SSSR count). The van der Waals surface area contributed by atoms with Gasteiger partial charge in [0, 0.05) is 18.7 Å². The highest BCUT2D eigenvalue weighted by molar-refractivity contribution is 5.76. The zero-order valence-corrected chi connectivity index (χ0v) is 9.83. The Hall–Kier alpha value is -1.38. The van der Waals surface area contributed by atoms with E-state index in [2.05, 4.69) is 24.1 Å². The Kier molecular flexibility index (Phi) is 1.88. The minimum atomic E-state index is 0.314. The first-order chi connectivity index (χ1) is 7.62. The predicted octanol–water partition coefficient (Wildman–Crippen LogP) is 2.57.